The molecule has 138 valence electrons. The number of nitrogens with zero attached hydrogens (tertiary/aromatic N) is 3. The molecule has 0 aliphatic rings. The van der Waals surface area contributed by atoms with E-state index in [-0.39, 0.29) is 5.91 Å². The first-order chi connectivity index (χ1) is 13.0. The van der Waals surface area contributed by atoms with E-state index >= 15 is 0 Å². The molecule has 0 saturated heterocycles. The summed E-state index contributed by atoms with van der Waals surface area (Å²) in [5.74, 6) is 0.381. The van der Waals surface area contributed by atoms with Crippen molar-refractivity contribution in [3.63, 3.8) is 0 Å². The second-order valence-corrected chi connectivity index (χ2v) is 6.38. The number of rotatable bonds is 5. The van der Waals surface area contributed by atoms with Crippen LogP contribution in [0.2, 0.25) is 0 Å². The molecule has 6 heteroatoms. The molecule has 6 nitrogen and oxygen atoms in total. The predicted molar refractivity (Wildman–Crippen MR) is 109 cm³/mol. The number of fused-ring (bicyclic) bond motifs is 1. The Labute approximate surface area is 158 Å². The summed E-state index contributed by atoms with van der Waals surface area (Å²) in [7, 11) is 5.56. The Kier molecular flexibility index (Phi) is 5.35. The molecule has 0 aliphatic heterocycles. The molecule has 0 radical (unpaired) electrons. The maximum Gasteiger partial charge on any atom is 0.272 e. The fourth-order valence-corrected chi connectivity index (χ4v) is 2.74. The van der Waals surface area contributed by atoms with Gasteiger partial charge in [0.1, 0.15) is 5.75 Å². The molecule has 3 aromatic rings. The number of ether oxygens (including phenoxy) is 1. The van der Waals surface area contributed by atoms with Gasteiger partial charge < -0.3 is 9.64 Å². The van der Waals surface area contributed by atoms with E-state index in [0.29, 0.717) is 11.3 Å². The molecular formula is C21H22N4O2. The van der Waals surface area contributed by atoms with Crippen molar-refractivity contribution in [2.24, 2.45) is 5.10 Å². The molecule has 0 spiro atoms. The quantitative estimate of drug-likeness (QED) is 0.558. The first-order valence-corrected chi connectivity index (χ1v) is 8.54. The smallest absolute Gasteiger partial charge is 0.272 e. The maximum absolute atomic E-state index is 12.6. The summed E-state index contributed by atoms with van der Waals surface area (Å²) in [5.41, 5.74) is 6.61. The second kappa shape index (κ2) is 7.86. The normalized spacial score (nSPS) is 11.0. The molecule has 0 fully saturated rings. The zero-order chi connectivity index (χ0) is 19.4. The number of benzene rings is 2. The Morgan fingerprint density at radius 2 is 1.89 bits per heavy atom. The zero-order valence-corrected chi connectivity index (χ0v) is 15.9. The number of aryl methyl sites for hydroxylation is 1. The summed E-state index contributed by atoms with van der Waals surface area (Å²) in [6.07, 6.45) is 1.62. The summed E-state index contributed by atoms with van der Waals surface area (Å²) in [5, 5.41) is 4.81. The minimum absolute atomic E-state index is 0.292. The van der Waals surface area contributed by atoms with E-state index in [4.69, 9.17) is 4.74 Å². The Bertz CT molecular complexity index is 995. The van der Waals surface area contributed by atoms with E-state index in [9.17, 15) is 4.79 Å². The summed E-state index contributed by atoms with van der Waals surface area (Å²) >= 11 is 0. The molecule has 0 atom stereocenters. The molecule has 0 unspecified atom stereocenters. The van der Waals surface area contributed by atoms with Crippen molar-refractivity contribution in [1.29, 1.82) is 0 Å². The predicted octanol–water partition coefficient (Wildman–Crippen LogP) is 3.38. The summed E-state index contributed by atoms with van der Waals surface area (Å²) < 4.78 is 5.26. The number of pyridine rings is 1. The van der Waals surface area contributed by atoms with Gasteiger partial charge in [-0.15, -0.1) is 0 Å². The molecule has 1 heterocycles. The fourth-order valence-electron chi connectivity index (χ4n) is 2.74. The maximum atomic E-state index is 12.6. The molecule has 27 heavy (non-hydrogen) atoms. The minimum Gasteiger partial charge on any atom is -0.497 e. The third-order valence-electron chi connectivity index (χ3n) is 4.18. The van der Waals surface area contributed by atoms with Gasteiger partial charge in [-0.3, -0.25) is 9.78 Å². The molecule has 0 aliphatic carbocycles. The van der Waals surface area contributed by atoms with Crippen LogP contribution < -0.4 is 15.1 Å². The second-order valence-electron chi connectivity index (χ2n) is 6.38. The van der Waals surface area contributed by atoms with Crippen molar-refractivity contribution < 1.29 is 9.53 Å². The highest BCUT2D eigenvalue weighted by atomic mass is 16.5. The van der Waals surface area contributed by atoms with Crippen molar-refractivity contribution in [3.05, 3.63) is 65.4 Å². The van der Waals surface area contributed by atoms with Crippen LogP contribution in [0.1, 0.15) is 21.6 Å². The average molecular weight is 362 g/mol. The third-order valence-corrected chi connectivity index (χ3v) is 4.18. The van der Waals surface area contributed by atoms with Crippen molar-refractivity contribution in [3.8, 4) is 5.75 Å². The topological polar surface area (TPSA) is 66.8 Å². The van der Waals surface area contributed by atoms with Crippen LogP contribution in [0.5, 0.6) is 5.75 Å². The lowest BCUT2D eigenvalue weighted by Crippen LogP contribution is -2.18. The van der Waals surface area contributed by atoms with E-state index < -0.39 is 0 Å². The van der Waals surface area contributed by atoms with Gasteiger partial charge in [-0.05, 0) is 48.9 Å². The van der Waals surface area contributed by atoms with E-state index in [1.54, 1.807) is 25.5 Å². The number of aromatic nitrogens is 1. The molecule has 1 amide bonds. The van der Waals surface area contributed by atoms with Gasteiger partial charge in [-0.25, -0.2) is 5.43 Å². The molecule has 1 N–H and O–H groups in total. The van der Waals surface area contributed by atoms with Gasteiger partial charge in [-0.1, -0.05) is 12.1 Å². The number of amides is 1. The zero-order valence-electron chi connectivity index (χ0n) is 15.9. The van der Waals surface area contributed by atoms with Gasteiger partial charge in [-0.2, -0.15) is 5.10 Å². The van der Waals surface area contributed by atoms with Crippen molar-refractivity contribution in [2.45, 2.75) is 6.92 Å². The number of hydrogen-bond donors (Lipinski definition) is 1. The highest BCUT2D eigenvalue weighted by molar-refractivity contribution is 6.06. The van der Waals surface area contributed by atoms with Crippen LogP contribution in [0, 0.1) is 6.92 Å². The van der Waals surface area contributed by atoms with Crippen LogP contribution in [0.3, 0.4) is 0 Å². The lowest BCUT2D eigenvalue weighted by molar-refractivity contribution is 0.0956. The summed E-state index contributed by atoms with van der Waals surface area (Å²) in [4.78, 5) is 19.1. The summed E-state index contributed by atoms with van der Waals surface area (Å²) in [6, 6.07) is 15.1. The number of hydrazone groups is 1. The highest BCUT2D eigenvalue weighted by Gasteiger charge is 2.12. The monoisotopic (exact) mass is 362 g/mol. The van der Waals surface area contributed by atoms with Gasteiger partial charge >= 0.3 is 0 Å². The van der Waals surface area contributed by atoms with E-state index in [2.05, 4.69) is 15.5 Å². The van der Waals surface area contributed by atoms with Gasteiger partial charge in [0.25, 0.3) is 5.91 Å². The van der Waals surface area contributed by atoms with E-state index in [1.165, 1.54) is 0 Å². The number of nitrogens with one attached hydrogen (secondary N) is 1. The van der Waals surface area contributed by atoms with Crippen LogP contribution in [-0.2, 0) is 0 Å². The van der Waals surface area contributed by atoms with E-state index in [0.717, 1.165) is 27.8 Å². The number of anilines is 1. The van der Waals surface area contributed by atoms with Crippen LogP contribution in [0.4, 0.5) is 5.69 Å². The SMILES string of the molecule is COc1ccc2nc(C)cc(C(=O)NN=Cc3ccc(N(C)C)cc3)c2c1. The number of carbonyl (C=O) groups is 1. The van der Waals surface area contributed by atoms with Crippen LogP contribution in [-0.4, -0.2) is 38.3 Å². The first kappa shape index (κ1) is 18.4. The van der Waals surface area contributed by atoms with Crippen molar-refractivity contribution >= 4 is 28.7 Å². The van der Waals surface area contributed by atoms with Gasteiger partial charge in [0, 0.05) is 30.9 Å². The molecule has 0 bridgehead atoms. The standard InChI is InChI=1S/C21H22N4O2/c1-14-11-19(18-12-17(27-4)9-10-20(18)23-14)21(26)24-22-13-15-5-7-16(8-6-15)25(2)3/h5-13H,1-4H3,(H,24,26). The Morgan fingerprint density at radius 3 is 2.56 bits per heavy atom. The number of hydrogen-bond acceptors (Lipinski definition) is 5. The highest BCUT2D eigenvalue weighted by Crippen LogP contribution is 2.23. The van der Waals surface area contributed by atoms with Gasteiger partial charge in [0.05, 0.1) is 24.4 Å². The fraction of sp³-hybridized carbons (Fsp3) is 0.190. The van der Waals surface area contributed by atoms with Crippen LogP contribution >= 0.6 is 0 Å². The lowest BCUT2D eigenvalue weighted by Gasteiger charge is -2.11. The molecule has 0 saturated carbocycles. The minimum atomic E-state index is -0.292. The lowest BCUT2D eigenvalue weighted by atomic mass is 10.1. The molecule has 2 aromatic carbocycles. The van der Waals surface area contributed by atoms with Gasteiger partial charge in [0.15, 0.2) is 0 Å². The van der Waals surface area contributed by atoms with Crippen molar-refractivity contribution in [2.75, 3.05) is 26.1 Å². The molecule has 1 aromatic heterocycles. The Hall–Kier alpha value is -3.41. The number of carbonyl (C=O) groups excluding carboxylic acids is 1. The van der Waals surface area contributed by atoms with Crippen LogP contribution in [0.25, 0.3) is 10.9 Å². The first-order valence-electron chi connectivity index (χ1n) is 8.54. The van der Waals surface area contributed by atoms with Crippen molar-refractivity contribution in [1.82, 2.24) is 10.4 Å². The largest absolute Gasteiger partial charge is 0.497 e. The molecular weight excluding hydrogens is 340 g/mol. The Balaban J connectivity index is 1.81. The number of methoxy groups -OCH3 is 1. The third kappa shape index (κ3) is 4.23. The van der Waals surface area contributed by atoms with Gasteiger partial charge in [0.2, 0.25) is 0 Å². The summed E-state index contributed by atoms with van der Waals surface area (Å²) in [6.45, 7) is 1.86. The van der Waals surface area contributed by atoms with Crippen LogP contribution in [0.15, 0.2) is 53.6 Å². The molecule has 3 rings (SSSR count). The Morgan fingerprint density at radius 1 is 1.15 bits per heavy atom. The average Bonchev–Trinajstić information content (AvgIpc) is 2.67. The van der Waals surface area contributed by atoms with E-state index in [1.807, 2.05) is 62.3 Å².